The number of carbonyl (C=O) groups is 1. The lowest BCUT2D eigenvalue weighted by atomic mass is 10.1. The van der Waals surface area contributed by atoms with Crippen LogP contribution in [0.5, 0.6) is 5.75 Å². The number of nitrogens with zero attached hydrogens (tertiary/aromatic N) is 3. The van der Waals surface area contributed by atoms with E-state index in [-0.39, 0.29) is 17.2 Å². The van der Waals surface area contributed by atoms with Gasteiger partial charge in [-0.05, 0) is 42.5 Å². The van der Waals surface area contributed by atoms with Gasteiger partial charge in [-0.15, -0.1) is 0 Å². The van der Waals surface area contributed by atoms with Gasteiger partial charge >= 0.3 is 0 Å². The predicted octanol–water partition coefficient (Wildman–Crippen LogP) is 3.36. The van der Waals surface area contributed by atoms with Crippen LogP contribution >= 0.6 is 0 Å². The van der Waals surface area contributed by atoms with Crippen LogP contribution in [-0.4, -0.2) is 32.8 Å². The van der Waals surface area contributed by atoms with E-state index in [9.17, 15) is 9.18 Å². The number of aromatic nitrogens is 4. The summed E-state index contributed by atoms with van der Waals surface area (Å²) in [5.74, 6) is 0.134. The summed E-state index contributed by atoms with van der Waals surface area (Å²) in [5, 5.41) is 9.56. The van der Waals surface area contributed by atoms with Gasteiger partial charge in [0.15, 0.2) is 5.82 Å². The molecule has 27 heavy (non-hydrogen) atoms. The second-order valence-electron chi connectivity index (χ2n) is 5.95. The third-order valence-electron chi connectivity index (χ3n) is 4.30. The topological polar surface area (TPSA) is 84.8 Å². The van der Waals surface area contributed by atoms with E-state index in [1.54, 1.807) is 36.9 Å². The summed E-state index contributed by atoms with van der Waals surface area (Å²) in [6.07, 6.45) is 0. The van der Waals surface area contributed by atoms with Crippen molar-refractivity contribution in [2.75, 3.05) is 12.4 Å². The highest BCUT2D eigenvalue weighted by atomic mass is 19.1. The molecule has 4 rings (SSSR count). The normalized spacial score (nSPS) is 10.9. The molecule has 2 heterocycles. The molecule has 2 N–H and O–H groups in total. The average molecular weight is 365 g/mol. The predicted molar refractivity (Wildman–Crippen MR) is 99.2 cm³/mol. The lowest BCUT2D eigenvalue weighted by Gasteiger charge is -2.03. The molecule has 136 valence electrons. The number of H-pyrrole nitrogens is 1. The zero-order valence-corrected chi connectivity index (χ0v) is 14.7. The van der Waals surface area contributed by atoms with Crippen molar-refractivity contribution in [2.24, 2.45) is 7.05 Å². The smallest absolute Gasteiger partial charge is 0.275 e. The molecule has 0 aliphatic rings. The Morgan fingerprint density at radius 1 is 1.22 bits per heavy atom. The van der Waals surface area contributed by atoms with Crippen LogP contribution in [0.4, 0.5) is 10.3 Å². The third kappa shape index (κ3) is 3.01. The molecule has 0 saturated carbocycles. The molecule has 1 amide bonds. The number of amides is 1. The van der Waals surface area contributed by atoms with Gasteiger partial charge in [0.2, 0.25) is 5.95 Å². The minimum Gasteiger partial charge on any atom is -0.497 e. The van der Waals surface area contributed by atoms with Crippen LogP contribution in [0.3, 0.4) is 0 Å². The molecule has 2 aromatic carbocycles. The minimum atomic E-state index is -0.438. The van der Waals surface area contributed by atoms with Crippen molar-refractivity contribution in [1.29, 1.82) is 0 Å². The Balaban J connectivity index is 1.58. The first-order valence-electron chi connectivity index (χ1n) is 8.19. The van der Waals surface area contributed by atoms with Gasteiger partial charge in [-0.25, -0.2) is 9.37 Å². The Morgan fingerprint density at radius 2 is 2.00 bits per heavy atom. The van der Waals surface area contributed by atoms with E-state index in [0.717, 1.165) is 11.3 Å². The van der Waals surface area contributed by atoms with Gasteiger partial charge in [0.1, 0.15) is 17.0 Å². The van der Waals surface area contributed by atoms with Crippen LogP contribution < -0.4 is 10.1 Å². The van der Waals surface area contributed by atoms with Gasteiger partial charge in [-0.1, -0.05) is 6.07 Å². The van der Waals surface area contributed by atoms with Crippen LogP contribution in [-0.2, 0) is 7.05 Å². The number of benzene rings is 2. The minimum absolute atomic E-state index is 0.207. The number of carbonyl (C=O) groups excluding carboxylic acids is 1. The molecule has 0 saturated heterocycles. The number of nitrogens with one attached hydrogen (secondary N) is 2. The largest absolute Gasteiger partial charge is 0.497 e. The van der Waals surface area contributed by atoms with E-state index in [0.29, 0.717) is 11.2 Å². The highest BCUT2D eigenvalue weighted by Gasteiger charge is 2.16. The molecule has 8 heteroatoms. The van der Waals surface area contributed by atoms with E-state index < -0.39 is 11.7 Å². The lowest BCUT2D eigenvalue weighted by Crippen LogP contribution is -2.15. The highest BCUT2D eigenvalue weighted by molar-refractivity contribution is 6.03. The Kier molecular flexibility index (Phi) is 4.08. The number of imidazole rings is 1. The monoisotopic (exact) mass is 365 g/mol. The Hall–Kier alpha value is -3.68. The molecule has 0 unspecified atom stereocenters. The van der Waals surface area contributed by atoms with Gasteiger partial charge in [-0.3, -0.25) is 15.2 Å². The molecule has 0 fully saturated rings. The van der Waals surface area contributed by atoms with Crippen molar-refractivity contribution in [2.45, 2.75) is 0 Å². The maximum absolute atomic E-state index is 13.9. The van der Waals surface area contributed by atoms with Crippen LogP contribution in [0.1, 0.15) is 10.5 Å². The molecule has 2 aromatic heterocycles. The maximum Gasteiger partial charge on any atom is 0.275 e. The first kappa shape index (κ1) is 16.8. The zero-order valence-electron chi connectivity index (χ0n) is 14.7. The second-order valence-corrected chi connectivity index (χ2v) is 5.95. The number of halogens is 1. The number of para-hydroxylation sites is 1. The summed E-state index contributed by atoms with van der Waals surface area (Å²) in [5.41, 5.74) is 2.54. The van der Waals surface area contributed by atoms with Gasteiger partial charge in [0, 0.05) is 12.6 Å². The quantitative estimate of drug-likeness (QED) is 0.581. The van der Waals surface area contributed by atoms with Crippen molar-refractivity contribution in [1.82, 2.24) is 19.7 Å². The summed E-state index contributed by atoms with van der Waals surface area (Å²) in [4.78, 5) is 16.7. The van der Waals surface area contributed by atoms with Crippen molar-refractivity contribution in [3.8, 4) is 17.0 Å². The fourth-order valence-electron chi connectivity index (χ4n) is 2.81. The van der Waals surface area contributed by atoms with Gasteiger partial charge < -0.3 is 9.30 Å². The molecule has 7 nitrogen and oxygen atoms in total. The van der Waals surface area contributed by atoms with Crippen molar-refractivity contribution in [3.63, 3.8) is 0 Å². The number of anilines is 1. The standard InChI is InChI=1S/C19H16FN5O2/c1-25-16-5-3-4-13(20)17(16)21-19(25)22-18(26)15-10-14(23-24-15)11-6-8-12(27-2)9-7-11/h3-10H,1-2H3,(H,23,24)(H,21,22,26). The molecule has 0 aliphatic heterocycles. The van der Waals surface area contributed by atoms with E-state index in [1.807, 2.05) is 24.3 Å². The molecule has 0 aliphatic carbocycles. The zero-order chi connectivity index (χ0) is 19.0. The van der Waals surface area contributed by atoms with Crippen LogP contribution in [0, 0.1) is 5.82 Å². The second kappa shape index (κ2) is 6.56. The van der Waals surface area contributed by atoms with E-state index in [2.05, 4.69) is 20.5 Å². The average Bonchev–Trinajstić information content (AvgIpc) is 3.29. The van der Waals surface area contributed by atoms with Crippen molar-refractivity contribution < 1.29 is 13.9 Å². The number of hydrogen-bond donors (Lipinski definition) is 2. The van der Waals surface area contributed by atoms with E-state index in [4.69, 9.17) is 4.74 Å². The summed E-state index contributed by atoms with van der Waals surface area (Å²) < 4.78 is 20.6. The summed E-state index contributed by atoms with van der Waals surface area (Å²) in [6.45, 7) is 0. The summed E-state index contributed by atoms with van der Waals surface area (Å²) in [7, 11) is 3.30. The Labute approximate surface area is 153 Å². The number of ether oxygens (including phenoxy) is 1. The molecular formula is C19H16FN5O2. The number of fused-ring (bicyclic) bond motifs is 1. The van der Waals surface area contributed by atoms with Gasteiger partial charge in [-0.2, -0.15) is 5.10 Å². The fraction of sp³-hybridized carbons (Fsp3) is 0.105. The summed E-state index contributed by atoms with van der Waals surface area (Å²) in [6, 6.07) is 13.6. The lowest BCUT2D eigenvalue weighted by molar-refractivity contribution is 0.102. The molecule has 0 spiro atoms. The van der Waals surface area contributed by atoms with Crippen LogP contribution in [0.25, 0.3) is 22.3 Å². The first-order valence-corrected chi connectivity index (χ1v) is 8.19. The summed E-state index contributed by atoms with van der Waals surface area (Å²) >= 11 is 0. The number of rotatable bonds is 4. The number of aryl methyl sites for hydroxylation is 1. The van der Waals surface area contributed by atoms with Crippen molar-refractivity contribution >= 4 is 22.9 Å². The highest BCUT2D eigenvalue weighted by Crippen LogP contribution is 2.23. The van der Waals surface area contributed by atoms with E-state index >= 15 is 0 Å². The molecule has 0 radical (unpaired) electrons. The number of aromatic amines is 1. The molecule has 4 aromatic rings. The van der Waals surface area contributed by atoms with Gasteiger partial charge in [0.25, 0.3) is 5.91 Å². The van der Waals surface area contributed by atoms with Crippen LogP contribution in [0.2, 0.25) is 0 Å². The molecule has 0 bridgehead atoms. The van der Waals surface area contributed by atoms with E-state index in [1.165, 1.54) is 6.07 Å². The molecule has 0 atom stereocenters. The van der Waals surface area contributed by atoms with Crippen molar-refractivity contribution in [3.05, 3.63) is 60.0 Å². The third-order valence-corrected chi connectivity index (χ3v) is 4.30. The maximum atomic E-state index is 13.9. The van der Waals surface area contributed by atoms with Crippen LogP contribution in [0.15, 0.2) is 48.5 Å². The molecular weight excluding hydrogens is 349 g/mol. The number of hydrogen-bond acceptors (Lipinski definition) is 4. The number of methoxy groups -OCH3 is 1. The Bertz CT molecular complexity index is 1130. The van der Waals surface area contributed by atoms with Gasteiger partial charge in [0.05, 0.1) is 18.3 Å². The SMILES string of the molecule is COc1ccc(-c2cc(C(=O)Nc3nc4c(F)cccc4n3C)[nH]n2)cc1. The first-order chi connectivity index (χ1) is 13.1. The Morgan fingerprint density at radius 3 is 2.70 bits per heavy atom. The fourth-order valence-corrected chi connectivity index (χ4v) is 2.81.